The molecular formula is C12H25NO. The zero-order valence-corrected chi connectivity index (χ0v) is 9.96. The van der Waals surface area contributed by atoms with Crippen molar-refractivity contribution in [1.82, 2.24) is 4.90 Å². The van der Waals surface area contributed by atoms with E-state index in [9.17, 15) is 0 Å². The van der Waals surface area contributed by atoms with Gasteiger partial charge in [0.1, 0.15) is 0 Å². The van der Waals surface area contributed by atoms with Crippen LogP contribution < -0.4 is 0 Å². The zero-order valence-electron chi connectivity index (χ0n) is 9.96. The molecule has 0 spiro atoms. The van der Waals surface area contributed by atoms with Crippen LogP contribution in [0.15, 0.2) is 12.7 Å². The van der Waals surface area contributed by atoms with Crippen molar-refractivity contribution in [2.75, 3.05) is 33.4 Å². The Morgan fingerprint density at radius 3 is 2.79 bits per heavy atom. The first kappa shape index (κ1) is 13.7. The van der Waals surface area contributed by atoms with E-state index in [1.165, 1.54) is 13.0 Å². The van der Waals surface area contributed by atoms with E-state index in [1.807, 2.05) is 6.08 Å². The molecule has 0 saturated carbocycles. The predicted octanol–water partition coefficient (Wildman–Crippen LogP) is 2.56. The fraction of sp³-hybridized carbons (Fsp3) is 0.833. The molecule has 0 aliphatic rings. The third-order valence-electron chi connectivity index (χ3n) is 2.10. The third-order valence-corrected chi connectivity index (χ3v) is 2.10. The third kappa shape index (κ3) is 8.27. The average Bonchev–Trinajstić information content (AvgIpc) is 2.13. The van der Waals surface area contributed by atoms with Gasteiger partial charge in [-0.3, -0.25) is 0 Å². The van der Waals surface area contributed by atoms with E-state index in [2.05, 4.69) is 32.4 Å². The normalized spacial score (nSPS) is 13.1. The van der Waals surface area contributed by atoms with Crippen molar-refractivity contribution < 1.29 is 4.74 Å². The van der Waals surface area contributed by atoms with Crippen LogP contribution in [0.4, 0.5) is 0 Å². The maximum atomic E-state index is 5.52. The van der Waals surface area contributed by atoms with Gasteiger partial charge in [0.05, 0.1) is 13.2 Å². The van der Waals surface area contributed by atoms with E-state index >= 15 is 0 Å². The van der Waals surface area contributed by atoms with Crippen molar-refractivity contribution in [1.29, 1.82) is 0 Å². The van der Waals surface area contributed by atoms with E-state index in [0.717, 1.165) is 26.2 Å². The number of nitrogens with zero attached hydrogens (tertiary/aromatic N) is 1. The van der Waals surface area contributed by atoms with Crippen molar-refractivity contribution in [2.24, 2.45) is 5.92 Å². The lowest BCUT2D eigenvalue weighted by molar-refractivity contribution is 0.0951. The predicted molar refractivity (Wildman–Crippen MR) is 62.6 cm³/mol. The Kier molecular flexibility index (Phi) is 9.00. The van der Waals surface area contributed by atoms with Gasteiger partial charge in [0, 0.05) is 6.54 Å². The molecule has 0 fully saturated rings. The first-order valence-corrected chi connectivity index (χ1v) is 5.57. The van der Waals surface area contributed by atoms with Crippen LogP contribution in [0, 0.1) is 5.92 Å². The van der Waals surface area contributed by atoms with Crippen LogP contribution in [0.1, 0.15) is 26.7 Å². The zero-order chi connectivity index (χ0) is 10.8. The fourth-order valence-corrected chi connectivity index (χ4v) is 1.51. The first-order valence-electron chi connectivity index (χ1n) is 5.57. The van der Waals surface area contributed by atoms with Gasteiger partial charge in [-0.1, -0.05) is 19.9 Å². The Morgan fingerprint density at radius 2 is 2.21 bits per heavy atom. The molecule has 2 heteroatoms. The van der Waals surface area contributed by atoms with E-state index in [-0.39, 0.29) is 0 Å². The number of hydrogen-bond acceptors (Lipinski definition) is 2. The molecule has 0 aliphatic heterocycles. The van der Waals surface area contributed by atoms with Crippen molar-refractivity contribution in [2.45, 2.75) is 26.7 Å². The molecule has 14 heavy (non-hydrogen) atoms. The van der Waals surface area contributed by atoms with Crippen molar-refractivity contribution in [3.63, 3.8) is 0 Å². The van der Waals surface area contributed by atoms with Gasteiger partial charge in [-0.05, 0) is 32.4 Å². The molecule has 0 rings (SSSR count). The highest BCUT2D eigenvalue weighted by atomic mass is 16.5. The van der Waals surface area contributed by atoms with Crippen molar-refractivity contribution in [3.05, 3.63) is 12.7 Å². The minimum Gasteiger partial charge on any atom is -0.381 e. The Balaban J connectivity index is 3.34. The molecule has 1 atom stereocenters. The molecule has 0 saturated heterocycles. The largest absolute Gasteiger partial charge is 0.381 e. The highest BCUT2D eigenvalue weighted by Crippen LogP contribution is 2.00. The van der Waals surface area contributed by atoms with Crippen LogP contribution >= 0.6 is 0 Å². The summed E-state index contributed by atoms with van der Waals surface area (Å²) >= 11 is 0. The van der Waals surface area contributed by atoms with Gasteiger partial charge in [-0.15, -0.1) is 6.58 Å². The standard InChI is InChI=1S/C12H25NO/c1-5-7-9-14-11-12(3)10-13(4)8-6-2/h5,12H,1,6-11H2,2-4H3. The molecule has 0 N–H and O–H groups in total. The Morgan fingerprint density at radius 1 is 1.50 bits per heavy atom. The van der Waals surface area contributed by atoms with Gasteiger partial charge in [0.2, 0.25) is 0 Å². The monoisotopic (exact) mass is 199 g/mol. The van der Waals surface area contributed by atoms with Gasteiger partial charge < -0.3 is 9.64 Å². The summed E-state index contributed by atoms with van der Waals surface area (Å²) in [6.45, 7) is 12.1. The first-order chi connectivity index (χ1) is 6.70. The highest BCUT2D eigenvalue weighted by Gasteiger charge is 2.05. The second-order valence-electron chi connectivity index (χ2n) is 4.02. The Hall–Kier alpha value is -0.340. The Labute approximate surface area is 88.9 Å². The van der Waals surface area contributed by atoms with Gasteiger partial charge in [-0.25, -0.2) is 0 Å². The summed E-state index contributed by atoms with van der Waals surface area (Å²) < 4.78 is 5.52. The molecule has 84 valence electrons. The summed E-state index contributed by atoms with van der Waals surface area (Å²) in [6, 6.07) is 0. The van der Waals surface area contributed by atoms with E-state index in [4.69, 9.17) is 4.74 Å². The lowest BCUT2D eigenvalue weighted by Crippen LogP contribution is -2.27. The summed E-state index contributed by atoms with van der Waals surface area (Å²) in [7, 11) is 2.17. The van der Waals surface area contributed by atoms with Crippen LogP contribution in [0.2, 0.25) is 0 Å². The lowest BCUT2D eigenvalue weighted by atomic mass is 10.2. The van der Waals surface area contributed by atoms with Crippen LogP contribution in [0.5, 0.6) is 0 Å². The molecule has 0 amide bonds. The lowest BCUT2D eigenvalue weighted by Gasteiger charge is -2.20. The van der Waals surface area contributed by atoms with Crippen molar-refractivity contribution >= 4 is 0 Å². The molecule has 0 radical (unpaired) electrons. The maximum Gasteiger partial charge on any atom is 0.0503 e. The van der Waals surface area contributed by atoms with E-state index in [0.29, 0.717) is 5.92 Å². The minimum atomic E-state index is 0.622. The molecular weight excluding hydrogens is 174 g/mol. The molecule has 0 aromatic carbocycles. The molecule has 0 heterocycles. The fourth-order valence-electron chi connectivity index (χ4n) is 1.51. The van der Waals surface area contributed by atoms with Crippen LogP contribution in [-0.2, 0) is 4.74 Å². The second kappa shape index (κ2) is 9.22. The molecule has 2 nitrogen and oxygen atoms in total. The number of hydrogen-bond donors (Lipinski definition) is 0. The summed E-state index contributed by atoms with van der Waals surface area (Å²) in [5, 5.41) is 0. The van der Waals surface area contributed by atoms with Crippen LogP contribution in [-0.4, -0.2) is 38.3 Å². The van der Waals surface area contributed by atoms with Gasteiger partial charge >= 0.3 is 0 Å². The highest BCUT2D eigenvalue weighted by molar-refractivity contribution is 4.65. The average molecular weight is 199 g/mol. The number of rotatable bonds is 9. The summed E-state index contributed by atoms with van der Waals surface area (Å²) in [5.74, 6) is 0.622. The maximum absolute atomic E-state index is 5.52. The molecule has 1 unspecified atom stereocenters. The smallest absolute Gasteiger partial charge is 0.0503 e. The van der Waals surface area contributed by atoms with Crippen LogP contribution in [0.25, 0.3) is 0 Å². The van der Waals surface area contributed by atoms with Gasteiger partial charge in [0.15, 0.2) is 0 Å². The summed E-state index contributed by atoms with van der Waals surface area (Å²) in [5.41, 5.74) is 0. The van der Waals surface area contributed by atoms with Crippen LogP contribution in [0.3, 0.4) is 0 Å². The van der Waals surface area contributed by atoms with E-state index < -0.39 is 0 Å². The second-order valence-corrected chi connectivity index (χ2v) is 4.02. The topological polar surface area (TPSA) is 12.5 Å². The molecule has 0 aromatic heterocycles. The van der Waals surface area contributed by atoms with Crippen molar-refractivity contribution in [3.8, 4) is 0 Å². The van der Waals surface area contributed by atoms with E-state index in [1.54, 1.807) is 0 Å². The molecule has 0 bridgehead atoms. The number of ether oxygens (including phenoxy) is 1. The minimum absolute atomic E-state index is 0.622. The Bertz CT molecular complexity index is 136. The molecule has 0 aromatic rings. The molecule has 0 aliphatic carbocycles. The quantitative estimate of drug-likeness (QED) is 0.418. The van der Waals surface area contributed by atoms with Gasteiger partial charge in [0.25, 0.3) is 0 Å². The summed E-state index contributed by atoms with van der Waals surface area (Å²) in [6.07, 6.45) is 4.08. The SMILES string of the molecule is C=CCCOCC(C)CN(C)CCC. The summed E-state index contributed by atoms with van der Waals surface area (Å²) in [4.78, 5) is 2.36. The van der Waals surface area contributed by atoms with Gasteiger partial charge in [-0.2, -0.15) is 0 Å².